The molecule has 1 N–H and O–H groups in total. The summed E-state index contributed by atoms with van der Waals surface area (Å²) in [5.74, 6) is 0.468. The minimum Gasteiger partial charge on any atom is -0.465 e. The van der Waals surface area contributed by atoms with Gasteiger partial charge in [0.25, 0.3) is 0 Å². The second-order valence-electron chi connectivity index (χ2n) is 8.11. The molecule has 0 saturated heterocycles. The van der Waals surface area contributed by atoms with Gasteiger partial charge in [-0.1, -0.05) is 12.8 Å². The quantitative estimate of drug-likeness (QED) is 0.775. The fraction of sp³-hybridized carbons (Fsp3) is 0.882. The Hall–Kier alpha value is -0.910. The number of nitrogens with one attached hydrogen (secondary N) is 1. The highest BCUT2D eigenvalue weighted by Gasteiger charge is 2.34. The van der Waals surface area contributed by atoms with Gasteiger partial charge < -0.3 is 14.8 Å². The van der Waals surface area contributed by atoms with Crippen LogP contribution in [0.1, 0.15) is 46.5 Å². The Labute approximate surface area is 142 Å². The van der Waals surface area contributed by atoms with Crippen molar-refractivity contribution >= 4 is 22.1 Å². The number of ether oxygens (including phenoxy) is 2. The smallest absolute Gasteiger partial charge is 0.407 e. The first-order valence-electron chi connectivity index (χ1n) is 8.30. The number of amides is 1. The first-order chi connectivity index (χ1) is 10.5. The summed E-state index contributed by atoms with van der Waals surface area (Å²) in [6.07, 6.45) is 9.72. The van der Waals surface area contributed by atoms with Gasteiger partial charge in [-0.25, -0.2) is 14.8 Å². The Bertz CT molecular complexity index is 412. The Morgan fingerprint density at radius 2 is 1.74 bits per heavy atom. The summed E-state index contributed by atoms with van der Waals surface area (Å²) in [6, 6.07) is -0.187. The number of rotatable bonds is 5. The number of carbonyl (C=O) groups excluding carboxylic acids is 2. The molecule has 2 atom stereocenters. The maximum Gasteiger partial charge on any atom is 0.407 e. The van der Waals surface area contributed by atoms with E-state index in [1.165, 1.54) is 0 Å². The zero-order valence-corrected chi connectivity index (χ0v) is 16.3. The van der Waals surface area contributed by atoms with Crippen molar-refractivity contribution in [1.29, 1.82) is 0 Å². The third-order valence-corrected chi connectivity index (χ3v) is 5.10. The molecular formula is C17H33NO4S. The standard InChI is InChI=1S/C17H33NO4S/c1-17(2,3)22-16(20)18-14-10-8-7-9-13(14)15(19)21-11-12-23(4,5)6/h13-14H,7-12H2,1-6H3,(H,18,20)/t13-,14+/m0/s1. The fourth-order valence-corrected chi connectivity index (χ4v) is 3.13. The van der Waals surface area contributed by atoms with Gasteiger partial charge in [0.15, 0.2) is 0 Å². The molecule has 0 unspecified atom stereocenters. The van der Waals surface area contributed by atoms with E-state index in [0.717, 1.165) is 31.4 Å². The van der Waals surface area contributed by atoms with Crippen molar-refractivity contribution in [3.8, 4) is 0 Å². The van der Waals surface area contributed by atoms with Gasteiger partial charge in [-0.05, 0) is 52.4 Å². The van der Waals surface area contributed by atoms with Crippen LogP contribution in [0.5, 0.6) is 0 Å². The number of esters is 1. The summed E-state index contributed by atoms with van der Waals surface area (Å²) in [5.41, 5.74) is -0.537. The number of carbonyl (C=O) groups is 2. The lowest BCUT2D eigenvalue weighted by Crippen LogP contribution is -2.47. The van der Waals surface area contributed by atoms with Crippen LogP contribution in [0, 0.1) is 5.92 Å². The second kappa shape index (κ2) is 8.27. The minimum atomic E-state index is -0.670. The molecule has 1 amide bonds. The van der Waals surface area contributed by atoms with Gasteiger partial charge in [0.05, 0.1) is 12.5 Å². The predicted molar refractivity (Wildman–Crippen MR) is 96.3 cm³/mol. The van der Waals surface area contributed by atoms with Crippen LogP contribution in [0.4, 0.5) is 4.79 Å². The van der Waals surface area contributed by atoms with Crippen LogP contribution in [-0.2, 0) is 14.3 Å². The van der Waals surface area contributed by atoms with Crippen LogP contribution in [0.3, 0.4) is 0 Å². The molecule has 23 heavy (non-hydrogen) atoms. The molecule has 1 saturated carbocycles. The van der Waals surface area contributed by atoms with Crippen molar-refractivity contribution in [1.82, 2.24) is 5.32 Å². The van der Waals surface area contributed by atoms with Crippen LogP contribution in [-0.4, -0.2) is 54.8 Å². The maximum absolute atomic E-state index is 12.4. The Morgan fingerprint density at radius 1 is 1.13 bits per heavy atom. The zero-order valence-electron chi connectivity index (χ0n) is 15.4. The first-order valence-corrected chi connectivity index (χ1v) is 11.3. The van der Waals surface area contributed by atoms with Crippen LogP contribution < -0.4 is 5.32 Å². The van der Waals surface area contributed by atoms with Crippen molar-refractivity contribution in [2.24, 2.45) is 5.92 Å². The van der Waals surface area contributed by atoms with E-state index in [9.17, 15) is 9.59 Å². The van der Waals surface area contributed by atoms with Crippen molar-refractivity contribution in [3.05, 3.63) is 0 Å². The highest BCUT2D eigenvalue weighted by atomic mass is 32.3. The normalized spacial score (nSPS) is 23.0. The van der Waals surface area contributed by atoms with Crippen LogP contribution in [0.15, 0.2) is 0 Å². The SMILES string of the molecule is CC(C)(C)OC(=O)N[C@@H]1CCCC[C@@H]1C(=O)OCCS(C)(C)C. The lowest BCUT2D eigenvalue weighted by molar-refractivity contribution is -0.149. The van der Waals surface area contributed by atoms with Crippen molar-refractivity contribution < 1.29 is 19.1 Å². The number of hydrogen-bond acceptors (Lipinski definition) is 4. The van der Waals surface area contributed by atoms with Gasteiger partial charge in [0, 0.05) is 11.8 Å². The van der Waals surface area contributed by atoms with E-state index in [1.807, 2.05) is 20.8 Å². The van der Waals surface area contributed by atoms with E-state index in [1.54, 1.807) is 0 Å². The lowest BCUT2D eigenvalue weighted by atomic mass is 9.84. The zero-order chi connectivity index (χ0) is 17.7. The summed E-state index contributed by atoms with van der Waals surface area (Å²) >= 11 is 0. The summed E-state index contributed by atoms with van der Waals surface area (Å²) in [4.78, 5) is 24.3. The van der Waals surface area contributed by atoms with Crippen LogP contribution >= 0.6 is 10.0 Å². The maximum atomic E-state index is 12.4. The summed E-state index contributed by atoms with van der Waals surface area (Å²) in [7, 11) is -0.670. The molecule has 5 nitrogen and oxygen atoms in total. The highest BCUT2D eigenvalue weighted by molar-refractivity contribution is 8.32. The third-order valence-electron chi connectivity index (χ3n) is 3.71. The molecule has 0 bridgehead atoms. The topological polar surface area (TPSA) is 64.6 Å². The molecule has 136 valence electrons. The van der Waals surface area contributed by atoms with E-state index in [0.29, 0.717) is 6.61 Å². The molecule has 0 aromatic heterocycles. The van der Waals surface area contributed by atoms with Crippen LogP contribution in [0.2, 0.25) is 0 Å². The molecule has 0 heterocycles. The molecule has 0 radical (unpaired) electrons. The second-order valence-corrected chi connectivity index (χ2v) is 12.7. The molecule has 0 aromatic rings. The minimum absolute atomic E-state index is 0.186. The summed E-state index contributed by atoms with van der Waals surface area (Å²) in [5, 5.41) is 2.86. The average Bonchev–Trinajstić information content (AvgIpc) is 2.35. The molecule has 0 spiro atoms. The summed E-state index contributed by atoms with van der Waals surface area (Å²) in [6.45, 7) is 5.95. The van der Waals surface area contributed by atoms with Crippen molar-refractivity contribution in [2.45, 2.75) is 58.1 Å². The molecule has 1 rings (SSSR count). The Morgan fingerprint density at radius 3 is 2.30 bits per heavy atom. The number of hydrogen-bond donors (Lipinski definition) is 1. The molecule has 0 aromatic carbocycles. The molecular weight excluding hydrogens is 314 g/mol. The first kappa shape index (κ1) is 20.1. The van der Waals surface area contributed by atoms with Gasteiger partial charge in [0.1, 0.15) is 5.60 Å². The largest absolute Gasteiger partial charge is 0.465 e. The van der Waals surface area contributed by atoms with E-state index in [4.69, 9.17) is 9.47 Å². The molecule has 1 aliphatic carbocycles. The molecule has 6 heteroatoms. The Balaban J connectivity index is 2.53. The summed E-state index contributed by atoms with van der Waals surface area (Å²) < 4.78 is 10.8. The van der Waals surface area contributed by atoms with Gasteiger partial charge in [-0.2, -0.15) is 0 Å². The average molecular weight is 348 g/mol. The lowest BCUT2D eigenvalue weighted by Gasteiger charge is -2.32. The Kier molecular flexibility index (Phi) is 7.24. The molecule has 0 aliphatic heterocycles. The number of alkyl carbamates (subject to hydrolysis) is 1. The van der Waals surface area contributed by atoms with E-state index >= 15 is 0 Å². The van der Waals surface area contributed by atoms with Crippen molar-refractivity contribution in [2.75, 3.05) is 31.1 Å². The van der Waals surface area contributed by atoms with E-state index < -0.39 is 21.7 Å². The molecule has 1 fully saturated rings. The van der Waals surface area contributed by atoms with Gasteiger partial charge in [-0.15, -0.1) is 0 Å². The predicted octanol–water partition coefficient (Wildman–Crippen LogP) is 3.31. The van der Waals surface area contributed by atoms with E-state index in [2.05, 4.69) is 24.1 Å². The van der Waals surface area contributed by atoms with Crippen LogP contribution in [0.25, 0.3) is 0 Å². The monoisotopic (exact) mass is 347 g/mol. The van der Waals surface area contributed by atoms with Gasteiger partial charge in [-0.3, -0.25) is 4.79 Å². The van der Waals surface area contributed by atoms with Crippen molar-refractivity contribution in [3.63, 3.8) is 0 Å². The van der Waals surface area contributed by atoms with E-state index in [-0.39, 0.29) is 17.9 Å². The molecule has 1 aliphatic rings. The highest BCUT2D eigenvalue weighted by Crippen LogP contribution is 2.34. The van der Waals surface area contributed by atoms with Gasteiger partial charge in [0.2, 0.25) is 0 Å². The van der Waals surface area contributed by atoms with Gasteiger partial charge >= 0.3 is 12.1 Å². The third kappa shape index (κ3) is 8.49. The fourth-order valence-electron chi connectivity index (χ4n) is 2.54.